The fourth-order valence-electron chi connectivity index (χ4n) is 3.81. The van der Waals surface area contributed by atoms with Gasteiger partial charge >= 0.3 is 6.03 Å². The topological polar surface area (TPSA) is 69.6 Å². The average molecular weight is 380 g/mol. The Morgan fingerprint density at radius 3 is 2.43 bits per heavy atom. The molecule has 5 nitrogen and oxygen atoms in total. The first-order valence-electron chi connectivity index (χ1n) is 9.72. The van der Waals surface area contributed by atoms with Crippen LogP contribution < -0.4 is 5.32 Å². The highest BCUT2D eigenvalue weighted by atomic mass is 16.3. The van der Waals surface area contributed by atoms with Crippen molar-refractivity contribution in [3.8, 4) is 0 Å². The van der Waals surface area contributed by atoms with E-state index < -0.39 is 17.5 Å². The van der Waals surface area contributed by atoms with Crippen molar-refractivity contribution in [3.05, 3.63) is 71.3 Å². The summed E-state index contributed by atoms with van der Waals surface area (Å²) in [6.45, 7) is 5.52. The van der Waals surface area contributed by atoms with E-state index in [4.69, 9.17) is 0 Å². The van der Waals surface area contributed by atoms with Gasteiger partial charge in [-0.2, -0.15) is 0 Å². The molecule has 1 heterocycles. The lowest BCUT2D eigenvalue weighted by atomic mass is 9.69. The van der Waals surface area contributed by atoms with Gasteiger partial charge in [0.15, 0.2) is 0 Å². The average Bonchev–Trinajstić information content (AvgIpc) is 2.71. The number of urea groups is 1. The van der Waals surface area contributed by atoms with Gasteiger partial charge in [-0.05, 0) is 44.7 Å². The smallest absolute Gasteiger partial charge is 0.324 e. The largest absolute Gasteiger partial charge is 0.394 e. The van der Waals surface area contributed by atoms with E-state index in [0.29, 0.717) is 6.42 Å². The second kappa shape index (κ2) is 8.15. The summed E-state index contributed by atoms with van der Waals surface area (Å²) < 4.78 is 0. The lowest BCUT2D eigenvalue weighted by molar-refractivity contribution is -0.166. The molecule has 0 saturated carbocycles. The number of hydrogen-bond acceptors (Lipinski definition) is 3. The van der Waals surface area contributed by atoms with Gasteiger partial charge in [-0.1, -0.05) is 60.2 Å². The summed E-state index contributed by atoms with van der Waals surface area (Å²) in [5, 5.41) is 12.7. The Morgan fingerprint density at radius 1 is 1.18 bits per heavy atom. The van der Waals surface area contributed by atoms with Gasteiger partial charge in [0.25, 0.3) is 0 Å². The van der Waals surface area contributed by atoms with Crippen LogP contribution in [0.25, 0.3) is 0 Å². The SMILES string of the molecule is Cc1ccc(CCC2(C)C(=O)N(C(=O)NC(C)c3ccccc3)C2CO)cc1. The normalized spacial score (nSPS) is 22.5. The highest BCUT2D eigenvalue weighted by Gasteiger charge is 2.59. The maximum atomic E-state index is 12.8. The number of hydrogen-bond donors (Lipinski definition) is 2. The Balaban J connectivity index is 1.64. The third kappa shape index (κ3) is 3.80. The maximum absolute atomic E-state index is 12.8. The standard InChI is InChI=1S/C23H28N2O3/c1-16-9-11-18(12-10-16)13-14-23(3)20(15-26)25(21(23)27)22(28)24-17(2)19-7-5-4-6-8-19/h4-12,17,20,26H,13-15H2,1-3H3,(H,24,28). The first-order chi connectivity index (χ1) is 13.4. The Kier molecular flexibility index (Phi) is 5.84. The minimum absolute atomic E-state index is 0.222. The molecular weight excluding hydrogens is 352 g/mol. The van der Waals surface area contributed by atoms with E-state index in [1.165, 1.54) is 10.5 Å². The molecule has 1 aliphatic heterocycles. The van der Waals surface area contributed by atoms with Crippen LogP contribution in [-0.4, -0.2) is 34.6 Å². The highest BCUT2D eigenvalue weighted by Crippen LogP contribution is 2.43. The van der Waals surface area contributed by atoms with Crippen LogP contribution in [0.4, 0.5) is 4.79 Å². The first-order valence-corrected chi connectivity index (χ1v) is 9.72. The lowest BCUT2D eigenvalue weighted by Gasteiger charge is -2.52. The van der Waals surface area contributed by atoms with Gasteiger partial charge in [-0.25, -0.2) is 4.79 Å². The van der Waals surface area contributed by atoms with Crippen molar-refractivity contribution in [2.75, 3.05) is 6.61 Å². The second-order valence-electron chi connectivity index (χ2n) is 7.86. The summed E-state index contributed by atoms with van der Waals surface area (Å²) in [7, 11) is 0. The third-order valence-electron chi connectivity index (χ3n) is 5.84. The summed E-state index contributed by atoms with van der Waals surface area (Å²) in [5.41, 5.74) is 2.58. The van der Waals surface area contributed by atoms with Gasteiger partial charge in [0.05, 0.1) is 24.1 Å². The van der Waals surface area contributed by atoms with Gasteiger partial charge in [-0.3, -0.25) is 9.69 Å². The monoisotopic (exact) mass is 380 g/mol. The summed E-state index contributed by atoms with van der Waals surface area (Å²) in [4.78, 5) is 26.7. The number of aryl methyl sites for hydroxylation is 2. The second-order valence-corrected chi connectivity index (χ2v) is 7.86. The summed E-state index contributed by atoms with van der Waals surface area (Å²) in [6.07, 6.45) is 1.33. The molecule has 0 spiro atoms. The molecule has 0 bridgehead atoms. The molecule has 2 N–H and O–H groups in total. The van der Waals surface area contributed by atoms with E-state index in [0.717, 1.165) is 17.5 Å². The molecule has 3 amide bonds. The number of aliphatic hydroxyl groups excluding tert-OH is 1. The molecule has 3 atom stereocenters. The molecule has 2 aromatic carbocycles. The lowest BCUT2D eigenvalue weighted by Crippen LogP contribution is -2.72. The number of carbonyl (C=O) groups excluding carboxylic acids is 2. The minimum Gasteiger partial charge on any atom is -0.394 e. The maximum Gasteiger partial charge on any atom is 0.324 e. The number of β-lactam (4-membered cyclic amide) rings is 1. The van der Waals surface area contributed by atoms with Gasteiger partial charge in [0.1, 0.15) is 0 Å². The summed E-state index contributed by atoms with van der Waals surface area (Å²) in [6, 6.07) is 16.6. The van der Waals surface area contributed by atoms with Gasteiger partial charge in [0.2, 0.25) is 5.91 Å². The Hall–Kier alpha value is -2.66. The van der Waals surface area contributed by atoms with E-state index >= 15 is 0 Å². The van der Waals surface area contributed by atoms with Crippen LogP contribution >= 0.6 is 0 Å². The van der Waals surface area contributed by atoms with E-state index in [-0.39, 0.29) is 18.6 Å². The molecule has 2 aromatic rings. The number of aliphatic hydroxyl groups is 1. The number of benzene rings is 2. The van der Waals surface area contributed by atoms with E-state index in [1.807, 2.05) is 51.1 Å². The fourth-order valence-corrected chi connectivity index (χ4v) is 3.81. The summed E-state index contributed by atoms with van der Waals surface area (Å²) in [5.74, 6) is -0.226. The molecule has 0 aromatic heterocycles. The molecule has 0 radical (unpaired) electrons. The summed E-state index contributed by atoms with van der Waals surface area (Å²) >= 11 is 0. The molecule has 1 aliphatic rings. The molecule has 5 heteroatoms. The zero-order valence-corrected chi connectivity index (χ0v) is 16.7. The third-order valence-corrected chi connectivity index (χ3v) is 5.84. The molecule has 1 fully saturated rings. The van der Waals surface area contributed by atoms with Crippen LogP contribution in [0.15, 0.2) is 54.6 Å². The quantitative estimate of drug-likeness (QED) is 0.752. The van der Waals surface area contributed by atoms with Crippen LogP contribution in [-0.2, 0) is 11.2 Å². The number of nitrogens with zero attached hydrogens (tertiary/aromatic N) is 1. The number of nitrogens with one attached hydrogen (secondary N) is 1. The minimum atomic E-state index is -0.729. The van der Waals surface area contributed by atoms with Crippen molar-refractivity contribution in [1.29, 1.82) is 0 Å². The van der Waals surface area contributed by atoms with Gasteiger partial charge in [0, 0.05) is 0 Å². The van der Waals surface area contributed by atoms with Crippen LogP contribution in [0.3, 0.4) is 0 Å². The number of carbonyl (C=O) groups is 2. The first kappa shape index (κ1) is 20.1. The van der Waals surface area contributed by atoms with Crippen molar-refractivity contribution in [2.24, 2.45) is 5.41 Å². The van der Waals surface area contributed by atoms with Crippen LogP contribution in [0, 0.1) is 12.3 Å². The molecule has 28 heavy (non-hydrogen) atoms. The Morgan fingerprint density at radius 2 is 1.82 bits per heavy atom. The van der Waals surface area contributed by atoms with Crippen LogP contribution in [0.5, 0.6) is 0 Å². The molecule has 148 valence electrons. The Labute approximate surface area is 166 Å². The number of rotatable bonds is 6. The van der Waals surface area contributed by atoms with E-state index in [2.05, 4.69) is 29.6 Å². The molecule has 1 saturated heterocycles. The van der Waals surface area contributed by atoms with Gasteiger partial charge in [-0.15, -0.1) is 0 Å². The number of amides is 3. The van der Waals surface area contributed by atoms with Crippen molar-refractivity contribution >= 4 is 11.9 Å². The van der Waals surface area contributed by atoms with Crippen molar-refractivity contribution in [1.82, 2.24) is 10.2 Å². The molecule has 3 unspecified atom stereocenters. The molecular formula is C23H28N2O3. The van der Waals surface area contributed by atoms with Gasteiger partial charge < -0.3 is 10.4 Å². The van der Waals surface area contributed by atoms with Crippen molar-refractivity contribution in [2.45, 2.75) is 45.7 Å². The predicted molar refractivity (Wildman–Crippen MR) is 109 cm³/mol. The van der Waals surface area contributed by atoms with Crippen molar-refractivity contribution < 1.29 is 14.7 Å². The number of imide groups is 1. The fraction of sp³-hybridized carbons (Fsp3) is 0.391. The zero-order chi connectivity index (χ0) is 20.3. The van der Waals surface area contributed by atoms with E-state index in [9.17, 15) is 14.7 Å². The zero-order valence-electron chi connectivity index (χ0n) is 16.7. The molecule has 3 rings (SSSR count). The molecule has 0 aliphatic carbocycles. The van der Waals surface area contributed by atoms with Crippen LogP contribution in [0.2, 0.25) is 0 Å². The van der Waals surface area contributed by atoms with Crippen molar-refractivity contribution in [3.63, 3.8) is 0 Å². The van der Waals surface area contributed by atoms with Crippen LogP contribution in [0.1, 0.15) is 43.0 Å². The number of likely N-dealkylation sites (tertiary alicyclic amines) is 1. The predicted octanol–water partition coefficient (Wildman–Crippen LogP) is 3.61. The highest BCUT2D eigenvalue weighted by molar-refractivity contribution is 6.03. The van der Waals surface area contributed by atoms with E-state index in [1.54, 1.807) is 0 Å². The Bertz CT molecular complexity index is 835.